The van der Waals surface area contributed by atoms with Crippen molar-refractivity contribution >= 4 is 5.97 Å². The number of aliphatic carboxylic acids is 1. The highest BCUT2D eigenvalue weighted by molar-refractivity contribution is 5.74. The molecule has 1 N–H and O–H groups in total. The van der Waals surface area contributed by atoms with Crippen molar-refractivity contribution in [2.24, 2.45) is 5.92 Å². The number of carboxylic acid groups (broad SMARTS) is 1. The third-order valence-corrected chi connectivity index (χ3v) is 3.18. The molecule has 104 valence electrons. The van der Waals surface area contributed by atoms with E-state index in [1.807, 2.05) is 12.1 Å². The summed E-state index contributed by atoms with van der Waals surface area (Å²) in [7, 11) is 0. The highest BCUT2D eigenvalue weighted by atomic mass is 16.5. The van der Waals surface area contributed by atoms with E-state index >= 15 is 0 Å². The summed E-state index contributed by atoms with van der Waals surface area (Å²) >= 11 is 0. The van der Waals surface area contributed by atoms with Gasteiger partial charge in [-0.2, -0.15) is 0 Å². The Morgan fingerprint density at radius 1 is 1.53 bits per heavy atom. The van der Waals surface area contributed by atoms with E-state index in [1.54, 1.807) is 6.07 Å². The average molecular weight is 264 g/mol. The first-order chi connectivity index (χ1) is 9.06. The molecular formula is C15H20O4. The number of rotatable bonds is 6. The largest absolute Gasteiger partial charge is 0.493 e. The van der Waals surface area contributed by atoms with Crippen LogP contribution < -0.4 is 9.47 Å². The fourth-order valence-corrected chi connectivity index (χ4v) is 2.12. The molecule has 2 rings (SSSR count). The van der Waals surface area contributed by atoms with Gasteiger partial charge in [0.2, 0.25) is 0 Å². The number of carboxylic acids is 1. The number of ether oxygens (including phenoxy) is 2. The molecule has 1 aromatic carbocycles. The highest BCUT2D eigenvalue weighted by Gasteiger charge is 2.28. The summed E-state index contributed by atoms with van der Waals surface area (Å²) in [5.74, 6) is 1.14. The van der Waals surface area contributed by atoms with Crippen LogP contribution in [0, 0.1) is 5.92 Å². The molecule has 0 spiro atoms. The van der Waals surface area contributed by atoms with Crippen molar-refractivity contribution in [3.63, 3.8) is 0 Å². The minimum Gasteiger partial charge on any atom is -0.493 e. The standard InChI is InChI=1S/C15H20O4/c1-10(2)4-3-7-18-12-6-5-11-8-14(15(16)17)19-13(11)9-12/h5-6,9-10,14H,3-4,7-8H2,1-2H3,(H,16,17). The molecule has 19 heavy (non-hydrogen) atoms. The number of benzene rings is 1. The van der Waals surface area contributed by atoms with Gasteiger partial charge in [-0.1, -0.05) is 19.9 Å². The van der Waals surface area contributed by atoms with Gasteiger partial charge < -0.3 is 14.6 Å². The molecule has 0 aliphatic carbocycles. The second kappa shape index (κ2) is 5.95. The van der Waals surface area contributed by atoms with Crippen LogP contribution in [0.4, 0.5) is 0 Å². The summed E-state index contributed by atoms with van der Waals surface area (Å²) in [6.07, 6.45) is 1.83. The number of hydrogen-bond donors (Lipinski definition) is 1. The van der Waals surface area contributed by atoms with E-state index in [0.717, 1.165) is 24.2 Å². The van der Waals surface area contributed by atoms with Gasteiger partial charge in [-0.3, -0.25) is 0 Å². The summed E-state index contributed by atoms with van der Waals surface area (Å²) in [4.78, 5) is 10.9. The lowest BCUT2D eigenvalue weighted by Crippen LogP contribution is -2.24. The normalized spacial score (nSPS) is 17.1. The van der Waals surface area contributed by atoms with E-state index in [2.05, 4.69) is 13.8 Å². The van der Waals surface area contributed by atoms with Gasteiger partial charge >= 0.3 is 5.97 Å². The Bertz CT molecular complexity index is 453. The number of hydrogen-bond acceptors (Lipinski definition) is 3. The van der Waals surface area contributed by atoms with Crippen molar-refractivity contribution in [2.75, 3.05) is 6.61 Å². The van der Waals surface area contributed by atoms with E-state index < -0.39 is 12.1 Å². The summed E-state index contributed by atoms with van der Waals surface area (Å²) in [6, 6.07) is 5.55. The first kappa shape index (κ1) is 13.7. The highest BCUT2D eigenvalue weighted by Crippen LogP contribution is 2.32. The van der Waals surface area contributed by atoms with Crippen LogP contribution >= 0.6 is 0 Å². The number of carbonyl (C=O) groups is 1. The van der Waals surface area contributed by atoms with Gasteiger partial charge in [0, 0.05) is 12.5 Å². The fourth-order valence-electron chi connectivity index (χ4n) is 2.12. The lowest BCUT2D eigenvalue weighted by Gasteiger charge is -2.09. The smallest absolute Gasteiger partial charge is 0.345 e. The first-order valence-electron chi connectivity index (χ1n) is 6.71. The Balaban J connectivity index is 1.89. The second-order valence-corrected chi connectivity index (χ2v) is 5.30. The summed E-state index contributed by atoms with van der Waals surface area (Å²) in [6.45, 7) is 5.06. The van der Waals surface area contributed by atoms with Gasteiger partial charge in [-0.25, -0.2) is 4.79 Å². The lowest BCUT2D eigenvalue weighted by molar-refractivity contribution is -0.144. The summed E-state index contributed by atoms with van der Waals surface area (Å²) in [5, 5.41) is 8.92. The van der Waals surface area contributed by atoms with Gasteiger partial charge in [0.25, 0.3) is 0 Å². The molecule has 1 aliphatic rings. The molecule has 0 aromatic heterocycles. The molecule has 4 heteroatoms. The molecule has 1 heterocycles. The zero-order valence-corrected chi connectivity index (χ0v) is 11.4. The second-order valence-electron chi connectivity index (χ2n) is 5.30. The Morgan fingerprint density at radius 2 is 2.32 bits per heavy atom. The maximum Gasteiger partial charge on any atom is 0.345 e. The maximum atomic E-state index is 10.9. The van der Waals surface area contributed by atoms with Crippen LogP contribution in [0.1, 0.15) is 32.3 Å². The Kier molecular flexibility index (Phi) is 4.30. The summed E-state index contributed by atoms with van der Waals surface area (Å²) in [5.41, 5.74) is 0.932. The molecule has 1 aromatic rings. The third-order valence-electron chi connectivity index (χ3n) is 3.18. The minimum absolute atomic E-state index is 0.429. The Hall–Kier alpha value is -1.71. The van der Waals surface area contributed by atoms with E-state index in [0.29, 0.717) is 24.7 Å². The summed E-state index contributed by atoms with van der Waals surface area (Å²) < 4.78 is 11.0. The predicted octanol–water partition coefficient (Wildman–Crippen LogP) is 2.89. The molecule has 0 saturated carbocycles. The first-order valence-corrected chi connectivity index (χ1v) is 6.71. The quantitative estimate of drug-likeness (QED) is 0.803. The average Bonchev–Trinajstić information content (AvgIpc) is 2.77. The van der Waals surface area contributed by atoms with Crippen LogP contribution in [0.3, 0.4) is 0 Å². The monoisotopic (exact) mass is 264 g/mol. The van der Waals surface area contributed by atoms with Gasteiger partial charge in [0.05, 0.1) is 6.61 Å². The fraction of sp³-hybridized carbons (Fsp3) is 0.533. The van der Waals surface area contributed by atoms with E-state index in [9.17, 15) is 4.79 Å². The molecule has 1 unspecified atom stereocenters. The van der Waals surface area contributed by atoms with Crippen molar-refractivity contribution < 1.29 is 19.4 Å². The van der Waals surface area contributed by atoms with Gasteiger partial charge in [-0.05, 0) is 30.4 Å². The van der Waals surface area contributed by atoms with E-state index in [1.165, 1.54) is 0 Å². The molecule has 0 fully saturated rings. The zero-order valence-electron chi connectivity index (χ0n) is 11.4. The van der Waals surface area contributed by atoms with Gasteiger partial charge in [-0.15, -0.1) is 0 Å². The lowest BCUT2D eigenvalue weighted by atomic mass is 10.1. The van der Waals surface area contributed by atoms with Crippen LogP contribution in [0.15, 0.2) is 18.2 Å². The van der Waals surface area contributed by atoms with Crippen molar-refractivity contribution in [2.45, 2.75) is 39.2 Å². The molecule has 4 nitrogen and oxygen atoms in total. The van der Waals surface area contributed by atoms with Crippen LogP contribution in [-0.2, 0) is 11.2 Å². The van der Waals surface area contributed by atoms with Gasteiger partial charge in [0.1, 0.15) is 11.5 Å². The Labute approximate surface area is 113 Å². The third kappa shape index (κ3) is 3.63. The van der Waals surface area contributed by atoms with Crippen molar-refractivity contribution in [3.8, 4) is 11.5 Å². The van der Waals surface area contributed by atoms with Crippen molar-refractivity contribution in [1.29, 1.82) is 0 Å². The Morgan fingerprint density at radius 3 is 3.00 bits per heavy atom. The predicted molar refractivity (Wildman–Crippen MR) is 71.8 cm³/mol. The van der Waals surface area contributed by atoms with Crippen LogP contribution in [-0.4, -0.2) is 23.8 Å². The maximum absolute atomic E-state index is 10.9. The van der Waals surface area contributed by atoms with Crippen LogP contribution in [0.2, 0.25) is 0 Å². The van der Waals surface area contributed by atoms with Crippen molar-refractivity contribution in [1.82, 2.24) is 0 Å². The molecule has 0 radical (unpaired) electrons. The molecule has 1 aliphatic heterocycles. The molecule has 0 bridgehead atoms. The molecule has 1 atom stereocenters. The van der Waals surface area contributed by atoms with Gasteiger partial charge in [0.15, 0.2) is 6.10 Å². The van der Waals surface area contributed by atoms with E-state index in [-0.39, 0.29) is 0 Å². The van der Waals surface area contributed by atoms with E-state index in [4.69, 9.17) is 14.6 Å². The minimum atomic E-state index is -0.921. The zero-order chi connectivity index (χ0) is 13.8. The van der Waals surface area contributed by atoms with Crippen LogP contribution in [0.25, 0.3) is 0 Å². The molecule has 0 saturated heterocycles. The molecule has 0 amide bonds. The topological polar surface area (TPSA) is 55.8 Å². The molecular weight excluding hydrogens is 244 g/mol. The van der Waals surface area contributed by atoms with Crippen molar-refractivity contribution in [3.05, 3.63) is 23.8 Å². The SMILES string of the molecule is CC(C)CCCOc1ccc2c(c1)OC(C(=O)O)C2. The number of fused-ring (bicyclic) bond motifs is 1. The van der Waals surface area contributed by atoms with Crippen LogP contribution in [0.5, 0.6) is 11.5 Å².